The molecule has 38 heavy (non-hydrogen) atoms. The van der Waals surface area contributed by atoms with Gasteiger partial charge in [0.05, 0.1) is 28.5 Å². The Bertz CT molecular complexity index is 1760. The van der Waals surface area contributed by atoms with Gasteiger partial charge in [0, 0.05) is 42.5 Å². The molecule has 0 fully saturated rings. The fourth-order valence-corrected chi connectivity index (χ4v) is 6.47. The van der Waals surface area contributed by atoms with Crippen LogP contribution in [0, 0.1) is 25.5 Å². The van der Waals surface area contributed by atoms with Crippen LogP contribution in [0.4, 0.5) is 14.5 Å². The van der Waals surface area contributed by atoms with Gasteiger partial charge in [-0.2, -0.15) is 5.10 Å². The molecule has 0 bridgehead atoms. The summed E-state index contributed by atoms with van der Waals surface area (Å²) in [4.78, 5) is 13.8. The predicted molar refractivity (Wildman–Crippen MR) is 139 cm³/mol. The molecule has 0 saturated heterocycles. The highest BCUT2D eigenvalue weighted by molar-refractivity contribution is 7.92. The molecule has 4 heterocycles. The number of aromatic nitrogens is 4. The van der Waals surface area contributed by atoms with Crippen LogP contribution >= 0.6 is 0 Å². The van der Waals surface area contributed by atoms with Gasteiger partial charge in [0.15, 0.2) is 5.82 Å². The number of hydrogen-bond donors (Lipinski definition) is 2. The number of anilines is 1. The monoisotopic (exact) mass is 540 g/mol. The maximum atomic E-state index is 15.6. The molecule has 0 spiro atoms. The Kier molecular flexibility index (Phi) is 5.58. The van der Waals surface area contributed by atoms with Crippen molar-refractivity contribution in [2.75, 3.05) is 17.0 Å². The minimum Gasteiger partial charge on any atom is -0.310 e. The first-order valence-corrected chi connectivity index (χ1v) is 14.0. The minimum atomic E-state index is -3.51. The van der Waals surface area contributed by atoms with Crippen molar-refractivity contribution < 1.29 is 17.2 Å². The molecule has 12 heteroatoms. The van der Waals surface area contributed by atoms with Gasteiger partial charge >= 0.3 is 5.69 Å². The van der Waals surface area contributed by atoms with Crippen LogP contribution in [-0.4, -0.2) is 39.6 Å². The fourth-order valence-electron chi connectivity index (χ4n) is 5.37. The molecule has 2 aliphatic rings. The second-order valence-electron chi connectivity index (χ2n) is 9.83. The normalized spacial score (nSPS) is 18.1. The summed E-state index contributed by atoms with van der Waals surface area (Å²) in [5, 5.41) is 8.22. The van der Waals surface area contributed by atoms with Crippen LogP contribution in [0.3, 0.4) is 0 Å². The molecule has 0 aliphatic carbocycles. The van der Waals surface area contributed by atoms with Crippen LogP contribution in [0.15, 0.2) is 41.5 Å². The Hall–Kier alpha value is -3.77. The Morgan fingerprint density at radius 3 is 2.47 bits per heavy atom. The topological polar surface area (TPSA) is 103 Å². The molecule has 198 valence electrons. The Balaban J connectivity index is 1.54. The molecule has 6 rings (SSSR count). The number of benzene rings is 2. The number of fused-ring (bicyclic) bond motifs is 2. The molecule has 0 saturated carbocycles. The van der Waals surface area contributed by atoms with Crippen LogP contribution in [0.1, 0.15) is 40.9 Å². The van der Waals surface area contributed by atoms with Gasteiger partial charge in [-0.3, -0.25) is 13.9 Å². The van der Waals surface area contributed by atoms with Crippen molar-refractivity contribution in [2.24, 2.45) is 0 Å². The van der Waals surface area contributed by atoms with Crippen molar-refractivity contribution in [3.05, 3.63) is 86.7 Å². The van der Waals surface area contributed by atoms with Gasteiger partial charge in [-0.25, -0.2) is 26.7 Å². The van der Waals surface area contributed by atoms with Crippen LogP contribution in [0.2, 0.25) is 0 Å². The van der Waals surface area contributed by atoms with E-state index in [1.54, 1.807) is 36.9 Å². The maximum absolute atomic E-state index is 15.6. The lowest BCUT2D eigenvalue weighted by atomic mass is 10.0. The van der Waals surface area contributed by atoms with E-state index in [-0.39, 0.29) is 41.0 Å². The third kappa shape index (κ3) is 3.78. The molecule has 4 aromatic rings. The van der Waals surface area contributed by atoms with Crippen LogP contribution in [-0.2, 0) is 22.9 Å². The maximum Gasteiger partial charge on any atom is 0.338 e. The van der Waals surface area contributed by atoms with Gasteiger partial charge in [0.1, 0.15) is 11.6 Å². The van der Waals surface area contributed by atoms with E-state index in [9.17, 15) is 17.6 Å². The number of aryl methyl sites for hydroxylation is 2. The summed E-state index contributed by atoms with van der Waals surface area (Å²) in [6.07, 6.45) is 3.70. The molecular formula is C26H26F2N6O3S. The lowest BCUT2D eigenvalue weighted by Crippen LogP contribution is -2.30. The van der Waals surface area contributed by atoms with E-state index in [1.165, 1.54) is 27.5 Å². The van der Waals surface area contributed by atoms with Crippen molar-refractivity contribution in [1.29, 1.82) is 0 Å². The summed E-state index contributed by atoms with van der Waals surface area (Å²) < 4.78 is 60.4. The van der Waals surface area contributed by atoms with Crippen molar-refractivity contribution in [1.82, 2.24) is 24.2 Å². The highest BCUT2D eigenvalue weighted by Crippen LogP contribution is 2.32. The number of nitrogens with one attached hydrogen (secondary N) is 2. The summed E-state index contributed by atoms with van der Waals surface area (Å²) in [6, 6.07) is 6.13. The highest BCUT2D eigenvalue weighted by atomic mass is 32.2. The summed E-state index contributed by atoms with van der Waals surface area (Å²) in [5.74, 6) is -0.681. The number of nitrogens with zero attached hydrogens (tertiary/aromatic N) is 4. The first-order chi connectivity index (χ1) is 18.1. The first kappa shape index (κ1) is 24.6. The van der Waals surface area contributed by atoms with E-state index in [0.717, 1.165) is 17.8 Å². The average Bonchev–Trinajstić information content (AvgIpc) is 3.43. The van der Waals surface area contributed by atoms with E-state index >= 15 is 4.39 Å². The summed E-state index contributed by atoms with van der Waals surface area (Å²) in [6.45, 7) is 6.08. The molecular weight excluding hydrogens is 514 g/mol. The first-order valence-electron chi connectivity index (χ1n) is 12.3. The van der Waals surface area contributed by atoms with Crippen LogP contribution in [0.25, 0.3) is 17.2 Å². The Labute approximate surface area is 217 Å². The van der Waals surface area contributed by atoms with Gasteiger partial charge in [0.2, 0.25) is 10.0 Å². The molecule has 2 aromatic carbocycles. The smallest absolute Gasteiger partial charge is 0.310 e. The zero-order valence-electron chi connectivity index (χ0n) is 21.0. The number of imidazole rings is 1. The van der Waals surface area contributed by atoms with Gasteiger partial charge in [0.25, 0.3) is 0 Å². The van der Waals surface area contributed by atoms with E-state index < -0.39 is 21.5 Å². The molecule has 0 amide bonds. The zero-order valence-corrected chi connectivity index (χ0v) is 21.9. The predicted octanol–water partition coefficient (Wildman–Crippen LogP) is 3.21. The summed E-state index contributed by atoms with van der Waals surface area (Å²) >= 11 is 0. The summed E-state index contributed by atoms with van der Waals surface area (Å²) in [7, 11) is -3.51. The molecule has 0 unspecified atom stereocenters. The molecule has 2 aromatic heterocycles. The van der Waals surface area contributed by atoms with E-state index in [1.807, 2.05) is 6.92 Å². The van der Waals surface area contributed by atoms with Gasteiger partial charge in [-0.05, 0) is 62.6 Å². The minimum absolute atomic E-state index is 0.00648. The van der Waals surface area contributed by atoms with Gasteiger partial charge < -0.3 is 5.32 Å². The quantitative estimate of drug-likeness (QED) is 0.416. The van der Waals surface area contributed by atoms with Crippen LogP contribution in [0.5, 0.6) is 0 Å². The lowest BCUT2D eigenvalue weighted by Gasteiger charge is -2.21. The van der Waals surface area contributed by atoms with Crippen molar-refractivity contribution >= 4 is 15.7 Å². The molecule has 2 N–H and O–H groups in total. The molecule has 9 nitrogen and oxygen atoms in total. The molecule has 2 aliphatic heterocycles. The van der Waals surface area contributed by atoms with E-state index in [2.05, 4.69) is 10.0 Å². The van der Waals surface area contributed by atoms with Gasteiger partial charge in [-0.15, -0.1) is 0 Å². The lowest BCUT2D eigenvalue weighted by molar-refractivity contribution is 0.536. The van der Waals surface area contributed by atoms with E-state index in [0.29, 0.717) is 29.1 Å². The number of halogens is 2. The average molecular weight is 541 g/mol. The summed E-state index contributed by atoms with van der Waals surface area (Å²) in [5.41, 5.74) is 3.11. The standard InChI is InChI=1S/C26H26F2N6O3S/c1-14-12-17(13-15(2)23(14)27)34-25(22-16(3)29-8-6-20(22)30-34)33-10-9-32(26(33)35)21-5-4-19-18(24(21)28)7-11-38(36,37)31-19/h4-5,9-10,12-13,16,29,31H,6-8,11H2,1-3H3/t16-/m0/s1. The second-order valence-corrected chi connectivity index (χ2v) is 11.7. The fraction of sp³-hybridized carbons (Fsp3) is 0.308. The third-order valence-corrected chi connectivity index (χ3v) is 8.53. The number of sulfonamides is 1. The molecule has 1 atom stereocenters. The zero-order chi connectivity index (χ0) is 26.9. The molecule has 0 radical (unpaired) electrons. The van der Waals surface area contributed by atoms with Crippen molar-refractivity contribution in [3.63, 3.8) is 0 Å². The Morgan fingerprint density at radius 1 is 1.03 bits per heavy atom. The second kappa shape index (κ2) is 8.63. The van der Waals surface area contributed by atoms with Crippen molar-refractivity contribution in [2.45, 2.75) is 39.7 Å². The third-order valence-electron chi connectivity index (χ3n) is 7.26. The number of hydrogen-bond acceptors (Lipinski definition) is 5. The van der Waals surface area contributed by atoms with Gasteiger partial charge in [-0.1, -0.05) is 0 Å². The SMILES string of the molecule is Cc1cc(-n2nc3c(c2-n2ccn(-c4ccc5c(c4F)CCS(=O)(=O)N5)c2=O)[C@H](C)NCC3)cc(C)c1F. The van der Waals surface area contributed by atoms with Crippen LogP contribution < -0.4 is 15.7 Å². The van der Waals surface area contributed by atoms with E-state index in [4.69, 9.17) is 5.10 Å². The number of rotatable bonds is 3. The largest absolute Gasteiger partial charge is 0.338 e. The Morgan fingerprint density at radius 2 is 1.74 bits per heavy atom. The van der Waals surface area contributed by atoms with Crippen molar-refractivity contribution in [3.8, 4) is 17.2 Å². The highest BCUT2D eigenvalue weighted by Gasteiger charge is 2.30.